The van der Waals surface area contributed by atoms with Gasteiger partial charge < -0.3 is 9.84 Å². The Bertz CT molecular complexity index is 330. The third kappa shape index (κ3) is 1.34. The summed E-state index contributed by atoms with van der Waals surface area (Å²) in [5.74, 6) is 0.951. The molecule has 4 aliphatic rings. The molecule has 4 rings (SSSR count). The predicted octanol–water partition coefficient (Wildman–Crippen LogP) is 2.99. The second-order valence-corrected chi connectivity index (χ2v) is 7.73. The topological polar surface area (TPSA) is 29.5 Å². The highest BCUT2D eigenvalue weighted by molar-refractivity contribution is 5.16. The summed E-state index contributed by atoms with van der Waals surface area (Å²) in [7, 11) is 0. The van der Waals surface area contributed by atoms with Crippen molar-refractivity contribution in [1.29, 1.82) is 0 Å². The van der Waals surface area contributed by atoms with E-state index in [0.717, 1.165) is 6.42 Å². The zero-order valence-electron chi connectivity index (χ0n) is 11.6. The highest BCUT2D eigenvalue weighted by atomic mass is 16.5. The minimum Gasteiger partial charge on any atom is -0.396 e. The summed E-state index contributed by atoms with van der Waals surface area (Å²) < 4.78 is 6.18. The number of rotatable bonds is 1. The van der Waals surface area contributed by atoms with Gasteiger partial charge in [-0.15, -0.1) is 0 Å². The minimum atomic E-state index is -0.0436. The Labute approximate surface area is 105 Å². The molecule has 2 heteroatoms. The fraction of sp³-hybridized carbons (Fsp3) is 1.00. The molecule has 0 aromatic carbocycles. The Morgan fingerprint density at radius 1 is 1.18 bits per heavy atom. The molecule has 0 amide bonds. The lowest BCUT2D eigenvalue weighted by Crippen LogP contribution is -2.72. The molecule has 2 heterocycles. The maximum atomic E-state index is 9.85. The van der Waals surface area contributed by atoms with Crippen LogP contribution >= 0.6 is 0 Å². The lowest BCUT2D eigenvalue weighted by atomic mass is 9.43. The summed E-state index contributed by atoms with van der Waals surface area (Å²) in [6.07, 6.45) is 5.48. The van der Waals surface area contributed by atoms with Gasteiger partial charge in [-0.1, -0.05) is 27.2 Å². The molecular formula is C15H26O2. The van der Waals surface area contributed by atoms with Gasteiger partial charge in [0, 0.05) is 18.9 Å². The zero-order valence-corrected chi connectivity index (χ0v) is 11.6. The molecule has 0 aromatic rings. The van der Waals surface area contributed by atoms with E-state index in [-0.39, 0.29) is 17.6 Å². The first-order valence-electron chi connectivity index (χ1n) is 7.12. The molecule has 2 aliphatic carbocycles. The third-order valence-electron chi connectivity index (χ3n) is 6.20. The number of hydrogen-bond acceptors (Lipinski definition) is 2. The van der Waals surface area contributed by atoms with Gasteiger partial charge in [-0.2, -0.15) is 0 Å². The van der Waals surface area contributed by atoms with E-state index in [1.54, 1.807) is 0 Å². The molecule has 0 aromatic heterocycles. The summed E-state index contributed by atoms with van der Waals surface area (Å²) in [5, 5.41) is 9.85. The normalized spacial score (nSPS) is 55.9. The average Bonchev–Trinajstić information content (AvgIpc) is 2.13. The molecule has 0 radical (unpaired) electrons. The number of hydrogen-bond donors (Lipinski definition) is 1. The van der Waals surface area contributed by atoms with Crippen molar-refractivity contribution in [3.05, 3.63) is 0 Å². The van der Waals surface area contributed by atoms with Crippen molar-refractivity contribution >= 4 is 0 Å². The summed E-state index contributed by atoms with van der Waals surface area (Å²) in [6, 6.07) is 0. The first kappa shape index (κ1) is 12.0. The van der Waals surface area contributed by atoms with Gasteiger partial charge in [0.25, 0.3) is 0 Å². The third-order valence-corrected chi connectivity index (χ3v) is 6.20. The van der Waals surface area contributed by atoms with Crippen LogP contribution in [0.5, 0.6) is 0 Å². The highest BCUT2D eigenvalue weighted by Crippen LogP contribution is 2.67. The van der Waals surface area contributed by atoms with E-state index in [0.29, 0.717) is 23.4 Å². The van der Waals surface area contributed by atoms with Crippen LogP contribution in [-0.2, 0) is 4.74 Å². The predicted molar refractivity (Wildman–Crippen MR) is 67.7 cm³/mol. The van der Waals surface area contributed by atoms with E-state index in [2.05, 4.69) is 27.7 Å². The molecule has 2 aliphatic heterocycles. The maximum Gasteiger partial charge on any atom is 0.0738 e. The summed E-state index contributed by atoms with van der Waals surface area (Å²) in [6.45, 7) is 9.69. The van der Waals surface area contributed by atoms with Gasteiger partial charge in [-0.25, -0.2) is 0 Å². The monoisotopic (exact) mass is 238 g/mol. The smallest absolute Gasteiger partial charge is 0.0738 e. The molecular weight excluding hydrogens is 212 g/mol. The van der Waals surface area contributed by atoms with Crippen LogP contribution in [0.15, 0.2) is 0 Å². The molecule has 2 nitrogen and oxygen atoms in total. The molecule has 1 N–H and O–H groups in total. The molecule has 1 unspecified atom stereocenters. The van der Waals surface area contributed by atoms with Crippen LogP contribution < -0.4 is 0 Å². The van der Waals surface area contributed by atoms with E-state index in [1.807, 2.05) is 0 Å². The van der Waals surface area contributed by atoms with Crippen molar-refractivity contribution in [2.24, 2.45) is 22.7 Å². The Morgan fingerprint density at radius 3 is 2.41 bits per heavy atom. The van der Waals surface area contributed by atoms with Crippen molar-refractivity contribution in [3.8, 4) is 0 Å². The summed E-state index contributed by atoms with van der Waals surface area (Å²) in [5.41, 5.74) is 0.608. The van der Waals surface area contributed by atoms with Crippen LogP contribution in [0.3, 0.4) is 0 Å². The molecule has 2 saturated carbocycles. The Hall–Kier alpha value is -0.0800. The van der Waals surface area contributed by atoms with Gasteiger partial charge in [0.15, 0.2) is 0 Å². The van der Waals surface area contributed by atoms with E-state index < -0.39 is 0 Å². The van der Waals surface area contributed by atoms with Gasteiger partial charge in [0.05, 0.1) is 11.7 Å². The van der Waals surface area contributed by atoms with Crippen molar-refractivity contribution in [1.82, 2.24) is 0 Å². The van der Waals surface area contributed by atoms with Crippen molar-refractivity contribution in [3.63, 3.8) is 0 Å². The van der Waals surface area contributed by atoms with Crippen LogP contribution in [0.1, 0.15) is 53.4 Å². The van der Waals surface area contributed by atoms with E-state index >= 15 is 0 Å². The van der Waals surface area contributed by atoms with Crippen LogP contribution in [0, 0.1) is 22.7 Å². The number of aliphatic hydroxyl groups excluding tert-OH is 1. The Kier molecular flexibility index (Phi) is 2.30. The maximum absolute atomic E-state index is 9.85. The van der Waals surface area contributed by atoms with Crippen LogP contribution in [0.4, 0.5) is 0 Å². The molecule has 98 valence electrons. The first-order valence-corrected chi connectivity index (χ1v) is 7.12. The Morgan fingerprint density at radius 2 is 1.82 bits per heavy atom. The van der Waals surface area contributed by atoms with Gasteiger partial charge in [-0.05, 0) is 36.5 Å². The van der Waals surface area contributed by atoms with E-state index in [4.69, 9.17) is 4.74 Å². The first-order chi connectivity index (χ1) is 7.83. The molecule has 17 heavy (non-hydrogen) atoms. The van der Waals surface area contributed by atoms with Crippen LogP contribution in [0.25, 0.3) is 0 Å². The summed E-state index contributed by atoms with van der Waals surface area (Å²) >= 11 is 0. The van der Waals surface area contributed by atoms with Crippen molar-refractivity contribution in [2.75, 3.05) is 6.61 Å². The zero-order chi connectivity index (χ0) is 12.5. The van der Waals surface area contributed by atoms with Gasteiger partial charge in [-0.3, -0.25) is 0 Å². The molecule has 0 spiro atoms. The minimum absolute atomic E-state index is 0.0436. The standard InChI is InChI=1S/C15H26O2/c1-13(2)6-5-7-14(3)11(9-16)15(4)8-10(17-15)12(13)14/h10-12,16H,5-9H2,1-4H3/t10?,11-,12+,14-,15+/m1/s1. The van der Waals surface area contributed by atoms with E-state index in [1.165, 1.54) is 19.3 Å². The fourth-order valence-electron chi connectivity index (χ4n) is 5.69. The fourth-order valence-corrected chi connectivity index (χ4v) is 5.69. The molecule has 2 bridgehead atoms. The van der Waals surface area contributed by atoms with Crippen LogP contribution in [-0.4, -0.2) is 23.4 Å². The second-order valence-electron chi connectivity index (χ2n) is 7.73. The largest absolute Gasteiger partial charge is 0.396 e. The Balaban J connectivity index is 2.02. The second kappa shape index (κ2) is 3.27. The highest BCUT2D eigenvalue weighted by Gasteiger charge is 2.68. The van der Waals surface area contributed by atoms with Crippen LogP contribution in [0.2, 0.25) is 0 Å². The number of ether oxygens (including phenoxy) is 1. The van der Waals surface area contributed by atoms with Gasteiger partial charge in [0.2, 0.25) is 0 Å². The SMILES string of the molecule is CC1(C)CCC[C@]2(C)[C@@H](CO)[C@]3(C)CC(O3)[C@@H]12. The lowest BCUT2D eigenvalue weighted by molar-refractivity contribution is -0.350. The average molecular weight is 238 g/mol. The van der Waals surface area contributed by atoms with Gasteiger partial charge in [0.1, 0.15) is 0 Å². The quantitative estimate of drug-likeness (QED) is 0.761. The lowest BCUT2D eigenvalue weighted by Gasteiger charge is -2.70. The molecule has 4 fully saturated rings. The van der Waals surface area contributed by atoms with Gasteiger partial charge >= 0.3 is 0 Å². The summed E-state index contributed by atoms with van der Waals surface area (Å²) in [4.78, 5) is 0. The van der Waals surface area contributed by atoms with Crippen molar-refractivity contribution in [2.45, 2.75) is 65.1 Å². The molecule has 5 atom stereocenters. The molecule has 2 saturated heterocycles. The number of aliphatic hydroxyl groups is 1. The van der Waals surface area contributed by atoms with E-state index in [9.17, 15) is 5.11 Å². The van der Waals surface area contributed by atoms with Crippen molar-refractivity contribution < 1.29 is 9.84 Å².